The summed E-state index contributed by atoms with van der Waals surface area (Å²) in [6, 6.07) is 15.8. The monoisotopic (exact) mass is 363 g/mol. The largest absolute Gasteiger partial charge is 0.369 e. The number of imide groups is 1. The van der Waals surface area contributed by atoms with Gasteiger partial charge in [-0.2, -0.15) is 0 Å². The van der Waals surface area contributed by atoms with E-state index in [9.17, 15) is 9.59 Å². The van der Waals surface area contributed by atoms with Crippen LogP contribution in [0, 0.1) is 13.8 Å². The molecule has 27 heavy (non-hydrogen) atoms. The Balaban J connectivity index is 1.46. The third kappa shape index (κ3) is 3.35. The highest BCUT2D eigenvalue weighted by molar-refractivity contribution is 6.22. The van der Waals surface area contributed by atoms with Crippen molar-refractivity contribution in [3.8, 4) is 0 Å². The second-order valence-corrected chi connectivity index (χ2v) is 7.44. The predicted molar refractivity (Wildman–Crippen MR) is 107 cm³/mol. The molecule has 0 unspecified atom stereocenters. The van der Waals surface area contributed by atoms with Crippen LogP contribution < -0.4 is 9.80 Å². The first-order chi connectivity index (χ1) is 13.0. The Labute approximate surface area is 160 Å². The fourth-order valence-corrected chi connectivity index (χ4v) is 4.14. The summed E-state index contributed by atoms with van der Waals surface area (Å²) in [5, 5.41) is 0. The Morgan fingerprint density at radius 1 is 0.889 bits per heavy atom. The number of piperazine rings is 1. The number of benzene rings is 2. The van der Waals surface area contributed by atoms with Gasteiger partial charge in [-0.05, 0) is 37.6 Å². The van der Waals surface area contributed by atoms with E-state index in [4.69, 9.17) is 0 Å². The molecule has 2 fully saturated rings. The summed E-state index contributed by atoms with van der Waals surface area (Å²) >= 11 is 0. The Bertz CT molecular complexity index is 857. The topological polar surface area (TPSA) is 43.9 Å². The summed E-state index contributed by atoms with van der Waals surface area (Å²) in [6.07, 6.45) is 0.275. The number of carbonyl (C=O) groups excluding carboxylic acids is 2. The lowest BCUT2D eigenvalue weighted by Gasteiger charge is -2.38. The van der Waals surface area contributed by atoms with E-state index in [0.717, 1.165) is 43.0 Å². The SMILES string of the molecule is Cc1ccc(N2C(=O)C[C@@H](N3CCN(c4ccccc4)CC3)C2=O)c(C)c1. The van der Waals surface area contributed by atoms with Gasteiger partial charge in [0.05, 0.1) is 18.2 Å². The van der Waals surface area contributed by atoms with Crippen LogP contribution in [0.1, 0.15) is 17.5 Å². The summed E-state index contributed by atoms with van der Waals surface area (Å²) < 4.78 is 0. The minimum atomic E-state index is -0.337. The number of para-hydroxylation sites is 1. The molecule has 5 heteroatoms. The molecule has 2 amide bonds. The molecule has 0 N–H and O–H groups in total. The van der Waals surface area contributed by atoms with Crippen molar-refractivity contribution in [1.29, 1.82) is 0 Å². The van der Waals surface area contributed by atoms with E-state index in [0.29, 0.717) is 0 Å². The van der Waals surface area contributed by atoms with E-state index in [1.807, 2.05) is 50.2 Å². The lowest BCUT2D eigenvalue weighted by molar-refractivity contribution is -0.123. The van der Waals surface area contributed by atoms with Gasteiger partial charge in [0.2, 0.25) is 5.91 Å². The van der Waals surface area contributed by atoms with Gasteiger partial charge in [0, 0.05) is 31.9 Å². The van der Waals surface area contributed by atoms with Crippen molar-refractivity contribution in [2.75, 3.05) is 36.0 Å². The van der Waals surface area contributed by atoms with Crippen molar-refractivity contribution in [1.82, 2.24) is 4.90 Å². The van der Waals surface area contributed by atoms with Gasteiger partial charge >= 0.3 is 0 Å². The van der Waals surface area contributed by atoms with Crippen LogP contribution in [0.3, 0.4) is 0 Å². The standard InChI is InChI=1S/C22H25N3O2/c1-16-8-9-19(17(2)14-16)25-21(26)15-20(22(25)27)24-12-10-23(11-13-24)18-6-4-3-5-7-18/h3-9,14,20H,10-13,15H2,1-2H3/t20-/m1/s1. The number of amides is 2. The zero-order valence-corrected chi connectivity index (χ0v) is 15.9. The van der Waals surface area contributed by atoms with E-state index >= 15 is 0 Å². The maximum Gasteiger partial charge on any atom is 0.251 e. The maximum absolute atomic E-state index is 13.1. The predicted octanol–water partition coefficient (Wildman–Crippen LogP) is 2.76. The van der Waals surface area contributed by atoms with E-state index < -0.39 is 0 Å². The number of hydrogen-bond donors (Lipinski definition) is 0. The lowest BCUT2D eigenvalue weighted by Crippen LogP contribution is -2.52. The summed E-state index contributed by atoms with van der Waals surface area (Å²) in [6.45, 7) is 7.28. The summed E-state index contributed by atoms with van der Waals surface area (Å²) in [4.78, 5) is 31.6. The van der Waals surface area contributed by atoms with Crippen molar-refractivity contribution in [3.05, 3.63) is 59.7 Å². The van der Waals surface area contributed by atoms with Crippen LogP contribution >= 0.6 is 0 Å². The van der Waals surface area contributed by atoms with Crippen molar-refractivity contribution >= 4 is 23.2 Å². The zero-order valence-electron chi connectivity index (χ0n) is 15.9. The minimum Gasteiger partial charge on any atom is -0.369 e. The molecule has 2 heterocycles. The van der Waals surface area contributed by atoms with Gasteiger partial charge in [-0.25, -0.2) is 4.90 Å². The molecule has 2 aromatic rings. The normalized spacial score (nSPS) is 21.2. The molecule has 0 aromatic heterocycles. The minimum absolute atomic E-state index is 0.0832. The molecule has 140 valence electrons. The van der Waals surface area contributed by atoms with Gasteiger partial charge in [-0.1, -0.05) is 35.9 Å². The van der Waals surface area contributed by atoms with Crippen LogP contribution in [0.4, 0.5) is 11.4 Å². The van der Waals surface area contributed by atoms with Crippen LogP contribution in [0.2, 0.25) is 0 Å². The molecule has 0 saturated carbocycles. The Morgan fingerprint density at radius 3 is 2.26 bits per heavy atom. The van der Waals surface area contributed by atoms with Gasteiger partial charge in [0.25, 0.3) is 5.91 Å². The summed E-state index contributed by atoms with van der Waals surface area (Å²) in [5.74, 6) is -0.178. The molecule has 5 nitrogen and oxygen atoms in total. The highest BCUT2D eigenvalue weighted by Crippen LogP contribution is 2.29. The fraction of sp³-hybridized carbons (Fsp3) is 0.364. The molecular formula is C22H25N3O2. The van der Waals surface area contributed by atoms with Crippen LogP contribution in [-0.2, 0) is 9.59 Å². The fourth-order valence-electron chi connectivity index (χ4n) is 4.14. The van der Waals surface area contributed by atoms with Crippen LogP contribution in [-0.4, -0.2) is 48.9 Å². The molecule has 0 aliphatic carbocycles. The number of aryl methyl sites for hydroxylation is 2. The van der Waals surface area contributed by atoms with Crippen molar-refractivity contribution < 1.29 is 9.59 Å². The molecule has 0 bridgehead atoms. The van der Waals surface area contributed by atoms with E-state index in [1.165, 1.54) is 10.6 Å². The average molecular weight is 363 g/mol. The Hall–Kier alpha value is -2.66. The number of hydrogen-bond acceptors (Lipinski definition) is 4. The van der Waals surface area contributed by atoms with Crippen LogP contribution in [0.25, 0.3) is 0 Å². The molecule has 4 rings (SSSR count). The molecule has 2 aliphatic rings. The molecule has 0 spiro atoms. The van der Waals surface area contributed by atoms with Gasteiger partial charge in [-0.3, -0.25) is 14.5 Å². The Kier molecular flexibility index (Phi) is 4.70. The zero-order chi connectivity index (χ0) is 19.0. The van der Waals surface area contributed by atoms with Gasteiger partial charge in [-0.15, -0.1) is 0 Å². The molecule has 2 aromatic carbocycles. The number of carbonyl (C=O) groups is 2. The second kappa shape index (κ2) is 7.16. The van der Waals surface area contributed by atoms with Gasteiger partial charge in [0.15, 0.2) is 0 Å². The molecular weight excluding hydrogens is 338 g/mol. The Morgan fingerprint density at radius 2 is 1.59 bits per heavy atom. The van der Waals surface area contributed by atoms with E-state index in [1.54, 1.807) is 0 Å². The summed E-state index contributed by atoms with van der Waals surface area (Å²) in [7, 11) is 0. The summed E-state index contributed by atoms with van der Waals surface area (Å²) in [5.41, 5.74) is 4.03. The number of rotatable bonds is 3. The quantitative estimate of drug-likeness (QED) is 0.787. The van der Waals surface area contributed by atoms with E-state index in [-0.39, 0.29) is 24.3 Å². The van der Waals surface area contributed by atoms with Gasteiger partial charge < -0.3 is 4.90 Å². The molecule has 2 aliphatic heterocycles. The van der Waals surface area contributed by atoms with Gasteiger partial charge in [0.1, 0.15) is 0 Å². The highest BCUT2D eigenvalue weighted by Gasteiger charge is 2.43. The van der Waals surface area contributed by atoms with Crippen molar-refractivity contribution in [3.63, 3.8) is 0 Å². The molecule has 0 radical (unpaired) electrons. The third-order valence-corrected chi connectivity index (χ3v) is 5.59. The smallest absolute Gasteiger partial charge is 0.251 e. The highest BCUT2D eigenvalue weighted by atomic mass is 16.2. The van der Waals surface area contributed by atoms with Crippen LogP contribution in [0.15, 0.2) is 48.5 Å². The number of anilines is 2. The first kappa shape index (κ1) is 17.7. The first-order valence-corrected chi connectivity index (χ1v) is 9.52. The van der Waals surface area contributed by atoms with Crippen molar-refractivity contribution in [2.45, 2.75) is 26.3 Å². The van der Waals surface area contributed by atoms with Crippen molar-refractivity contribution in [2.24, 2.45) is 0 Å². The van der Waals surface area contributed by atoms with E-state index in [2.05, 4.69) is 21.9 Å². The van der Waals surface area contributed by atoms with Crippen LogP contribution in [0.5, 0.6) is 0 Å². The molecule has 1 atom stereocenters. The third-order valence-electron chi connectivity index (χ3n) is 5.59. The first-order valence-electron chi connectivity index (χ1n) is 9.52. The molecule has 2 saturated heterocycles. The number of nitrogens with zero attached hydrogens (tertiary/aromatic N) is 3. The average Bonchev–Trinajstić information content (AvgIpc) is 2.97. The lowest BCUT2D eigenvalue weighted by atomic mass is 10.1. The second-order valence-electron chi connectivity index (χ2n) is 7.44. The maximum atomic E-state index is 13.1.